The van der Waals surface area contributed by atoms with E-state index in [1.54, 1.807) is 0 Å². The molecule has 0 saturated carbocycles. The first-order valence-electron chi connectivity index (χ1n) is 6.07. The van der Waals surface area contributed by atoms with Gasteiger partial charge in [-0.3, -0.25) is 0 Å². The molecule has 0 bridgehead atoms. The average molecular weight is 237 g/mol. The lowest BCUT2D eigenvalue weighted by atomic mass is 9.78. The fraction of sp³-hybridized carbons (Fsp3) is 0.692. The second-order valence-corrected chi connectivity index (χ2v) is 5.74. The maximum Gasteiger partial charge on any atom is 0.496 e. The Morgan fingerprint density at radius 2 is 1.53 bits per heavy atom. The van der Waals surface area contributed by atoms with Crippen LogP contribution in [-0.4, -0.2) is 25.4 Å². The van der Waals surface area contributed by atoms with Gasteiger partial charge < -0.3 is 14.6 Å². The van der Waals surface area contributed by atoms with Crippen LogP contribution in [-0.2, 0) is 9.31 Å². The lowest BCUT2D eigenvalue weighted by Gasteiger charge is -2.32. The maximum atomic E-state index is 6.00. The van der Waals surface area contributed by atoms with Crippen molar-refractivity contribution in [3.05, 3.63) is 23.3 Å². The zero-order chi connectivity index (χ0) is 13.3. The van der Waals surface area contributed by atoms with Crippen LogP contribution >= 0.6 is 0 Å². The Morgan fingerprint density at radius 1 is 1.06 bits per heavy atom. The van der Waals surface area contributed by atoms with Gasteiger partial charge in [0, 0.05) is 7.05 Å². The Morgan fingerprint density at radius 3 is 1.88 bits per heavy atom. The first-order valence-corrected chi connectivity index (χ1v) is 6.07. The molecule has 0 atom stereocenters. The van der Waals surface area contributed by atoms with E-state index in [1.165, 1.54) is 5.57 Å². The standard InChI is InChI=1S/C13H24BNO2/c1-10(2)8-11(9-15-7)14-16-12(3,4)13(5,6)17-14/h8-9,15H,1-7H3/b11-9+. The van der Waals surface area contributed by atoms with E-state index in [0.29, 0.717) is 0 Å². The van der Waals surface area contributed by atoms with Crippen LogP contribution in [0.15, 0.2) is 23.3 Å². The van der Waals surface area contributed by atoms with Gasteiger partial charge in [0.05, 0.1) is 11.2 Å². The summed E-state index contributed by atoms with van der Waals surface area (Å²) in [6.45, 7) is 12.4. The predicted molar refractivity (Wildman–Crippen MR) is 72.7 cm³/mol. The van der Waals surface area contributed by atoms with Gasteiger partial charge in [0.15, 0.2) is 0 Å². The molecule has 0 aromatic carbocycles. The Bertz CT molecular complexity index is 325. The van der Waals surface area contributed by atoms with E-state index >= 15 is 0 Å². The van der Waals surface area contributed by atoms with Crippen molar-refractivity contribution in [3.8, 4) is 0 Å². The molecule has 0 aromatic rings. The predicted octanol–water partition coefficient (Wildman–Crippen LogP) is 2.69. The molecule has 0 aliphatic carbocycles. The van der Waals surface area contributed by atoms with Crippen LogP contribution < -0.4 is 5.32 Å². The highest BCUT2D eigenvalue weighted by molar-refractivity contribution is 6.55. The van der Waals surface area contributed by atoms with Crippen LogP contribution in [0.2, 0.25) is 0 Å². The van der Waals surface area contributed by atoms with Gasteiger partial charge in [-0.05, 0) is 53.2 Å². The first-order chi connectivity index (χ1) is 7.69. The molecule has 17 heavy (non-hydrogen) atoms. The Balaban J connectivity index is 2.95. The number of nitrogens with one attached hydrogen (secondary N) is 1. The summed E-state index contributed by atoms with van der Waals surface area (Å²) in [5.41, 5.74) is 1.66. The van der Waals surface area contributed by atoms with Gasteiger partial charge in [-0.1, -0.05) is 11.6 Å². The SMILES string of the molecule is CN/C=C(\C=C(C)C)B1OC(C)(C)C(C)(C)O1. The van der Waals surface area contributed by atoms with Crippen molar-refractivity contribution in [3.63, 3.8) is 0 Å². The third-order valence-electron chi connectivity index (χ3n) is 3.29. The second kappa shape index (κ2) is 4.87. The van der Waals surface area contributed by atoms with E-state index in [2.05, 4.69) is 52.9 Å². The molecule has 4 heteroatoms. The van der Waals surface area contributed by atoms with Gasteiger partial charge in [0.1, 0.15) is 0 Å². The molecule has 1 saturated heterocycles. The smallest absolute Gasteiger partial charge is 0.399 e. The van der Waals surface area contributed by atoms with Crippen LogP contribution in [0.1, 0.15) is 41.5 Å². The van der Waals surface area contributed by atoms with E-state index in [4.69, 9.17) is 9.31 Å². The van der Waals surface area contributed by atoms with Crippen molar-refractivity contribution in [2.75, 3.05) is 7.05 Å². The number of hydrogen-bond acceptors (Lipinski definition) is 3. The van der Waals surface area contributed by atoms with Crippen molar-refractivity contribution in [2.24, 2.45) is 0 Å². The summed E-state index contributed by atoms with van der Waals surface area (Å²) >= 11 is 0. The molecule has 1 heterocycles. The summed E-state index contributed by atoms with van der Waals surface area (Å²) in [6.07, 6.45) is 4.01. The number of allylic oxidation sites excluding steroid dienone is 3. The molecule has 0 spiro atoms. The van der Waals surface area contributed by atoms with Crippen LogP contribution in [0.25, 0.3) is 0 Å². The Labute approximate surface area is 105 Å². The molecular formula is C13H24BNO2. The number of rotatable bonds is 3. The highest BCUT2D eigenvalue weighted by Gasteiger charge is 2.52. The summed E-state index contributed by atoms with van der Waals surface area (Å²) in [5, 5.41) is 3.04. The topological polar surface area (TPSA) is 30.5 Å². The van der Waals surface area contributed by atoms with E-state index in [9.17, 15) is 0 Å². The van der Waals surface area contributed by atoms with Crippen molar-refractivity contribution in [1.82, 2.24) is 5.32 Å². The summed E-state index contributed by atoms with van der Waals surface area (Å²) in [6, 6.07) is 0. The zero-order valence-corrected chi connectivity index (χ0v) is 12.0. The van der Waals surface area contributed by atoms with Gasteiger partial charge in [-0.25, -0.2) is 0 Å². The molecule has 1 fully saturated rings. The third-order valence-corrected chi connectivity index (χ3v) is 3.29. The quantitative estimate of drug-likeness (QED) is 0.604. The Hall–Kier alpha value is -0.735. The van der Waals surface area contributed by atoms with Gasteiger partial charge in [-0.15, -0.1) is 0 Å². The van der Waals surface area contributed by atoms with Gasteiger partial charge >= 0.3 is 7.12 Å². The first kappa shape index (κ1) is 14.3. The van der Waals surface area contributed by atoms with Crippen molar-refractivity contribution in [1.29, 1.82) is 0 Å². The molecule has 1 aliphatic heterocycles. The van der Waals surface area contributed by atoms with Crippen LogP contribution in [0.5, 0.6) is 0 Å². The van der Waals surface area contributed by atoms with Crippen molar-refractivity contribution < 1.29 is 9.31 Å². The summed E-state index contributed by atoms with van der Waals surface area (Å²) in [7, 11) is 1.58. The zero-order valence-electron chi connectivity index (χ0n) is 12.0. The van der Waals surface area contributed by atoms with Crippen LogP contribution in [0, 0.1) is 0 Å². The van der Waals surface area contributed by atoms with E-state index in [1.807, 2.05) is 13.2 Å². The van der Waals surface area contributed by atoms with Gasteiger partial charge in [0.2, 0.25) is 0 Å². The van der Waals surface area contributed by atoms with Crippen LogP contribution in [0.4, 0.5) is 0 Å². The van der Waals surface area contributed by atoms with E-state index in [-0.39, 0.29) is 18.3 Å². The fourth-order valence-electron chi connectivity index (χ4n) is 1.66. The third kappa shape index (κ3) is 3.14. The Kier molecular flexibility index (Phi) is 4.10. The number of hydrogen-bond donors (Lipinski definition) is 1. The molecule has 1 rings (SSSR count). The molecule has 1 aliphatic rings. The van der Waals surface area contributed by atoms with Gasteiger partial charge in [-0.2, -0.15) is 0 Å². The van der Waals surface area contributed by atoms with Crippen LogP contribution in [0.3, 0.4) is 0 Å². The van der Waals surface area contributed by atoms with E-state index in [0.717, 1.165) is 5.47 Å². The largest absolute Gasteiger partial charge is 0.496 e. The van der Waals surface area contributed by atoms with Crippen molar-refractivity contribution >= 4 is 7.12 Å². The average Bonchev–Trinajstić information content (AvgIpc) is 2.34. The molecule has 0 amide bonds. The summed E-state index contributed by atoms with van der Waals surface area (Å²) in [4.78, 5) is 0. The molecule has 0 unspecified atom stereocenters. The normalized spacial score (nSPS) is 22.5. The van der Waals surface area contributed by atoms with E-state index < -0.39 is 0 Å². The van der Waals surface area contributed by atoms with Gasteiger partial charge in [0.25, 0.3) is 0 Å². The molecule has 96 valence electrons. The molecular weight excluding hydrogens is 213 g/mol. The molecule has 1 N–H and O–H groups in total. The molecule has 3 nitrogen and oxygen atoms in total. The monoisotopic (exact) mass is 237 g/mol. The lowest BCUT2D eigenvalue weighted by Crippen LogP contribution is -2.41. The maximum absolute atomic E-state index is 6.00. The highest BCUT2D eigenvalue weighted by atomic mass is 16.7. The minimum atomic E-state index is -0.303. The lowest BCUT2D eigenvalue weighted by molar-refractivity contribution is 0.00578. The molecule has 0 aromatic heterocycles. The minimum absolute atomic E-state index is 0.292. The highest BCUT2D eigenvalue weighted by Crippen LogP contribution is 2.38. The minimum Gasteiger partial charge on any atom is -0.399 e. The summed E-state index contributed by atoms with van der Waals surface area (Å²) in [5.74, 6) is 0. The summed E-state index contributed by atoms with van der Waals surface area (Å²) < 4.78 is 12.0. The molecule has 0 radical (unpaired) electrons. The fourth-order valence-corrected chi connectivity index (χ4v) is 1.66. The van der Waals surface area contributed by atoms with Crippen molar-refractivity contribution in [2.45, 2.75) is 52.7 Å². The second-order valence-electron chi connectivity index (χ2n) is 5.74.